The number of carbonyl (C=O) groups excluding carboxylic acids is 1. The van der Waals surface area contributed by atoms with Crippen molar-refractivity contribution in [3.8, 4) is 0 Å². The lowest BCUT2D eigenvalue weighted by Gasteiger charge is -2.41. The molecule has 4 rings (SSSR count). The molecule has 5 heteroatoms. The lowest BCUT2D eigenvalue weighted by atomic mass is 9.92. The smallest absolute Gasteiger partial charge is 0.254 e. The van der Waals surface area contributed by atoms with Gasteiger partial charge in [-0.25, -0.2) is 4.99 Å². The Hall–Kier alpha value is -2.40. The number of nitrogens with zero attached hydrogens (tertiary/aromatic N) is 2. The molecule has 1 heterocycles. The molecule has 160 valence electrons. The van der Waals surface area contributed by atoms with Gasteiger partial charge in [-0.2, -0.15) is 0 Å². The zero-order chi connectivity index (χ0) is 21.5. The van der Waals surface area contributed by atoms with Gasteiger partial charge in [0.2, 0.25) is 0 Å². The van der Waals surface area contributed by atoms with Crippen molar-refractivity contribution in [1.82, 2.24) is 10.2 Å². The Labute approximate surface area is 179 Å². The fourth-order valence-electron chi connectivity index (χ4n) is 4.80. The second kappa shape index (κ2) is 7.69. The van der Waals surface area contributed by atoms with E-state index in [1.807, 2.05) is 25.7 Å². The number of allylic oxidation sites excluding steroid dienone is 1. The van der Waals surface area contributed by atoms with Gasteiger partial charge in [0.25, 0.3) is 5.91 Å². The number of aliphatic imine (C=N–C) groups is 1. The van der Waals surface area contributed by atoms with Crippen molar-refractivity contribution in [2.24, 2.45) is 4.99 Å². The molecular formula is C25H33N3O2. The largest absolute Gasteiger partial charge is 0.367 e. The number of carbonyl (C=O) groups is 1. The van der Waals surface area contributed by atoms with Gasteiger partial charge in [0.1, 0.15) is 11.4 Å². The highest BCUT2D eigenvalue weighted by Crippen LogP contribution is 2.42. The predicted molar refractivity (Wildman–Crippen MR) is 120 cm³/mol. The number of fused-ring (bicyclic) bond motifs is 2. The molecular weight excluding hydrogens is 374 g/mol. The fourth-order valence-corrected chi connectivity index (χ4v) is 4.80. The Bertz CT molecular complexity index is 933. The predicted octanol–water partition coefficient (Wildman–Crippen LogP) is 4.10. The van der Waals surface area contributed by atoms with Gasteiger partial charge in [0.05, 0.1) is 13.2 Å². The summed E-state index contributed by atoms with van der Waals surface area (Å²) in [6.07, 6.45) is 4.15. The van der Waals surface area contributed by atoms with Gasteiger partial charge in [-0.05, 0) is 71.2 Å². The summed E-state index contributed by atoms with van der Waals surface area (Å²) in [5.41, 5.74) is 4.87. The van der Waals surface area contributed by atoms with E-state index in [9.17, 15) is 4.79 Å². The van der Waals surface area contributed by atoms with E-state index in [4.69, 9.17) is 4.74 Å². The molecule has 5 nitrogen and oxygen atoms in total. The molecule has 0 bridgehead atoms. The number of benzene rings is 1. The summed E-state index contributed by atoms with van der Waals surface area (Å²) in [6, 6.07) is 8.48. The first-order valence-corrected chi connectivity index (χ1v) is 10.9. The van der Waals surface area contributed by atoms with E-state index >= 15 is 0 Å². The number of amides is 1. The van der Waals surface area contributed by atoms with Crippen molar-refractivity contribution < 1.29 is 9.53 Å². The van der Waals surface area contributed by atoms with Gasteiger partial charge in [-0.15, -0.1) is 0 Å². The molecule has 1 aliphatic heterocycles. The Balaban J connectivity index is 1.62. The molecule has 1 saturated heterocycles. The van der Waals surface area contributed by atoms with Gasteiger partial charge in [0.15, 0.2) is 0 Å². The van der Waals surface area contributed by atoms with Crippen LogP contribution in [0.3, 0.4) is 0 Å². The molecule has 2 aliphatic carbocycles. The van der Waals surface area contributed by atoms with E-state index in [2.05, 4.69) is 48.2 Å². The van der Waals surface area contributed by atoms with E-state index in [0.29, 0.717) is 25.5 Å². The minimum Gasteiger partial charge on any atom is -0.367 e. The first kappa shape index (κ1) is 20.9. The highest BCUT2D eigenvalue weighted by Gasteiger charge is 2.45. The molecule has 1 aromatic carbocycles. The number of nitrogens with one attached hydrogen (secondary N) is 1. The third-order valence-electron chi connectivity index (χ3n) is 6.80. The molecule has 1 unspecified atom stereocenters. The average molecular weight is 408 g/mol. The molecule has 30 heavy (non-hydrogen) atoms. The van der Waals surface area contributed by atoms with Crippen LogP contribution in [-0.2, 0) is 21.6 Å². The molecule has 0 aromatic heterocycles. The van der Waals surface area contributed by atoms with E-state index in [1.165, 1.54) is 11.1 Å². The molecule has 3 aliphatic rings. The maximum absolute atomic E-state index is 13.7. The lowest BCUT2D eigenvalue weighted by Crippen LogP contribution is -2.51. The molecule has 1 saturated carbocycles. The molecule has 1 spiro atoms. The van der Waals surface area contributed by atoms with Crippen LogP contribution in [0.4, 0.5) is 0 Å². The van der Waals surface area contributed by atoms with Gasteiger partial charge in [0, 0.05) is 23.2 Å². The molecule has 2 fully saturated rings. The Morgan fingerprint density at radius 3 is 2.60 bits per heavy atom. The lowest BCUT2D eigenvalue weighted by molar-refractivity contribution is -0.148. The van der Waals surface area contributed by atoms with Crippen LogP contribution in [-0.4, -0.2) is 42.8 Å². The van der Waals surface area contributed by atoms with Crippen LogP contribution in [0, 0.1) is 0 Å². The highest BCUT2D eigenvalue weighted by atomic mass is 16.5. The fraction of sp³-hybridized carbons (Fsp3) is 0.520. The van der Waals surface area contributed by atoms with Gasteiger partial charge < -0.3 is 15.0 Å². The summed E-state index contributed by atoms with van der Waals surface area (Å²) in [5, 5.41) is 3.49. The average Bonchev–Trinajstić information content (AvgIpc) is 3.37. The maximum atomic E-state index is 13.7. The molecule has 1 N–H and O–H groups in total. The Morgan fingerprint density at radius 2 is 1.93 bits per heavy atom. The van der Waals surface area contributed by atoms with Gasteiger partial charge >= 0.3 is 0 Å². The quantitative estimate of drug-likeness (QED) is 0.454. The van der Waals surface area contributed by atoms with Crippen molar-refractivity contribution in [3.63, 3.8) is 0 Å². The number of ether oxygens (including phenoxy) is 1. The standard InChI is InChI=1S/C25H33N3O2/c1-17(2)21(18(3)22(26-5)27-24(4)12-13-24)23(29)28-14-15-30-25(16-28)11-10-19-8-6-7-9-20(19)25/h6-9,27H,5,10-16H2,1-4H3/b22-18-. The molecule has 1 amide bonds. The summed E-state index contributed by atoms with van der Waals surface area (Å²) < 4.78 is 6.31. The molecule has 0 radical (unpaired) electrons. The number of hydrogen-bond donors (Lipinski definition) is 1. The van der Waals surface area contributed by atoms with E-state index < -0.39 is 0 Å². The minimum absolute atomic E-state index is 0.0588. The van der Waals surface area contributed by atoms with Crippen LogP contribution in [0.5, 0.6) is 0 Å². The maximum Gasteiger partial charge on any atom is 0.254 e. The minimum atomic E-state index is -0.381. The second-order valence-corrected chi connectivity index (χ2v) is 9.42. The van der Waals surface area contributed by atoms with Crippen molar-refractivity contribution in [3.05, 3.63) is 57.9 Å². The summed E-state index contributed by atoms with van der Waals surface area (Å²) >= 11 is 0. The third-order valence-corrected chi connectivity index (χ3v) is 6.80. The van der Waals surface area contributed by atoms with Crippen LogP contribution in [0.25, 0.3) is 0 Å². The topological polar surface area (TPSA) is 53.9 Å². The normalized spacial score (nSPS) is 24.7. The summed E-state index contributed by atoms with van der Waals surface area (Å²) in [5.74, 6) is 0.775. The van der Waals surface area contributed by atoms with E-state index in [1.54, 1.807) is 0 Å². The van der Waals surface area contributed by atoms with Crippen molar-refractivity contribution >= 4 is 12.6 Å². The second-order valence-electron chi connectivity index (χ2n) is 9.42. The van der Waals surface area contributed by atoms with Gasteiger partial charge in [-0.1, -0.05) is 29.8 Å². The van der Waals surface area contributed by atoms with Crippen LogP contribution in [0.1, 0.15) is 58.1 Å². The molecule has 1 atom stereocenters. The third kappa shape index (κ3) is 3.71. The monoisotopic (exact) mass is 407 g/mol. The number of aryl methyl sites for hydroxylation is 1. The van der Waals surface area contributed by atoms with Crippen LogP contribution < -0.4 is 5.32 Å². The van der Waals surface area contributed by atoms with Crippen LogP contribution in [0.15, 0.2) is 51.8 Å². The Morgan fingerprint density at radius 1 is 1.20 bits per heavy atom. The van der Waals surface area contributed by atoms with E-state index in [-0.39, 0.29) is 17.0 Å². The Kier molecular flexibility index (Phi) is 5.35. The van der Waals surface area contributed by atoms with Crippen molar-refractivity contribution in [2.45, 2.75) is 64.5 Å². The number of rotatable bonds is 5. The van der Waals surface area contributed by atoms with Crippen molar-refractivity contribution in [1.29, 1.82) is 0 Å². The first-order chi connectivity index (χ1) is 14.3. The first-order valence-electron chi connectivity index (χ1n) is 10.9. The van der Waals surface area contributed by atoms with Crippen LogP contribution >= 0.6 is 0 Å². The SMILES string of the molecule is C=N/C(NC1(C)CC1)=C(\C)C(C(=O)N1CCOC2(CCc3ccccc32)C1)=C(C)C. The summed E-state index contributed by atoms with van der Waals surface area (Å²) in [7, 11) is 0. The van der Waals surface area contributed by atoms with Crippen molar-refractivity contribution in [2.75, 3.05) is 19.7 Å². The summed E-state index contributed by atoms with van der Waals surface area (Å²) in [6.45, 7) is 13.7. The van der Waals surface area contributed by atoms with Gasteiger partial charge in [-0.3, -0.25) is 4.79 Å². The highest BCUT2D eigenvalue weighted by molar-refractivity contribution is 5.98. The van der Waals surface area contributed by atoms with E-state index in [0.717, 1.165) is 42.4 Å². The van der Waals surface area contributed by atoms with Crippen LogP contribution in [0.2, 0.25) is 0 Å². The molecule has 1 aromatic rings. The zero-order valence-corrected chi connectivity index (χ0v) is 18.7. The number of morpholine rings is 1. The zero-order valence-electron chi connectivity index (χ0n) is 18.7. The summed E-state index contributed by atoms with van der Waals surface area (Å²) in [4.78, 5) is 19.9. The number of hydrogen-bond acceptors (Lipinski definition) is 4.